The maximum atomic E-state index is 11.4. The highest BCUT2D eigenvalue weighted by Crippen LogP contribution is 2.43. The summed E-state index contributed by atoms with van der Waals surface area (Å²) in [6, 6.07) is 30.8. The van der Waals surface area contributed by atoms with Crippen molar-refractivity contribution < 1.29 is 9.85 Å². The molecule has 0 radical (unpaired) electrons. The molecule has 0 aromatic heterocycles. The lowest BCUT2D eigenvalue weighted by Gasteiger charge is -2.10. The zero-order valence-corrected chi connectivity index (χ0v) is 16.8. The van der Waals surface area contributed by atoms with Gasteiger partial charge < -0.3 is 0 Å². The van der Waals surface area contributed by atoms with Crippen molar-refractivity contribution in [2.45, 2.75) is 0 Å². The summed E-state index contributed by atoms with van der Waals surface area (Å²) < 4.78 is 0. The van der Waals surface area contributed by atoms with Gasteiger partial charge >= 0.3 is 11.4 Å². The summed E-state index contributed by atoms with van der Waals surface area (Å²) in [6.07, 6.45) is 0. The van der Waals surface area contributed by atoms with Gasteiger partial charge in [0.2, 0.25) is 0 Å². The van der Waals surface area contributed by atoms with Crippen molar-refractivity contribution in [1.29, 1.82) is 0 Å². The van der Waals surface area contributed by atoms with Gasteiger partial charge in [-0.3, -0.25) is 20.2 Å². The Bertz CT molecular complexity index is 1560. The lowest BCUT2D eigenvalue weighted by Crippen LogP contribution is -1.98. The molecule has 0 N–H and O–H groups in total. The van der Waals surface area contributed by atoms with Crippen LogP contribution in [0.25, 0.3) is 43.1 Å². The molecule has 6 nitrogen and oxygen atoms in total. The van der Waals surface area contributed by atoms with Crippen LogP contribution in [0.5, 0.6) is 0 Å². The van der Waals surface area contributed by atoms with E-state index in [2.05, 4.69) is 48.5 Å². The third-order valence-corrected chi connectivity index (χ3v) is 5.64. The SMILES string of the molecule is O=[N+]([O-])c1cc2ccc3cccc4ccc(c1[N+](=O)[O-])c2c34.c1ccc2ccccc2c1. The van der Waals surface area contributed by atoms with Crippen LogP contribution in [0.2, 0.25) is 0 Å². The minimum Gasteiger partial charge on any atom is -0.258 e. The summed E-state index contributed by atoms with van der Waals surface area (Å²) in [5.41, 5.74) is -0.924. The normalized spacial score (nSPS) is 11.0. The number of hydrogen-bond acceptors (Lipinski definition) is 4. The smallest absolute Gasteiger partial charge is 0.258 e. The fraction of sp³-hybridized carbons (Fsp3) is 0. The topological polar surface area (TPSA) is 86.3 Å². The highest BCUT2D eigenvalue weighted by atomic mass is 16.6. The lowest BCUT2D eigenvalue weighted by molar-refractivity contribution is -0.421. The van der Waals surface area contributed by atoms with Gasteiger partial charge in [0.25, 0.3) is 0 Å². The van der Waals surface area contributed by atoms with Crippen molar-refractivity contribution in [3.8, 4) is 0 Å². The average Bonchev–Trinajstić information content (AvgIpc) is 2.82. The zero-order valence-electron chi connectivity index (χ0n) is 16.8. The van der Waals surface area contributed by atoms with Crippen molar-refractivity contribution in [3.05, 3.63) is 117 Å². The van der Waals surface area contributed by atoms with Crippen LogP contribution in [0.3, 0.4) is 0 Å². The van der Waals surface area contributed by atoms with Gasteiger partial charge in [0.15, 0.2) is 0 Å². The first-order valence-corrected chi connectivity index (χ1v) is 9.97. The van der Waals surface area contributed by atoms with E-state index >= 15 is 0 Å². The number of benzene rings is 6. The number of fused-ring (bicyclic) bond motifs is 1. The number of nitro benzene ring substituents is 2. The van der Waals surface area contributed by atoms with Crippen molar-refractivity contribution in [1.82, 2.24) is 0 Å². The monoisotopic (exact) mass is 420 g/mol. The van der Waals surface area contributed by atoms with Crippen LogP contribution in [-0.2, 0) is 0 Å². The molecule has 0 saturated carbocycles. The van der Waals surface area contributed by atoms with Gasteiger partial charge in [-0.2, -0.15) is 0 Å². The van der Waals surface area contributed by atoms with Crippen LogP contribution in [0.1, 0.15) is 0 Å². The Morgan fingerprint density at radius 3 is 1.53 bits per heavy atom. The van der Waals surface area contributed by atoms with Gasteiger partial charge in [0, 0.05) is 11.5 Å². The van der Waals surface area contributed by atoms with E-state index in [1.54, 1.807) is 18.2 Å². The van der Waals surface area contributed by atoms with Gasteiger partial charge in [0.05, 0.1) is 15.2 Å². The van der Waals surface area contributed by atoms with Crippen molar-refractivity contribution in [2.24, 2.45) is 0 Å². The van der Waals surface area contributed by atoms with Gasteiger partial charge in [-0.25, -0.2) is 0 Å². The van der Waals surface area contributed by atoms with Crippen molar-refractivity contribution in [3.63, 3.8) is 0 Å². The van der Waals surface area contributed by atoms with E-state index < -0.39 is 21.2 Å². The molecule has 154 valence electrons. The average molecular weight is 420 g/mol. The van der Waals surface area contributed by atoms with E-state index in [4.69, 9.17) is 0 Å². The minimum absolute atomic E-state index is 0.304. The van der Waals surface area contributed by atoms with E-state index in [9.17, 15) is 20.2 Å². The number of nitrogens with zero attached hydrogens (tertiary/aromatic N) is 2. The second-order valence-electron chi connectivity index (χ2n) is 7.46. The summed E-state index contributed by atoms with van der Waals surface area (Å²) in [6.45, 7) is 0. The third-order valence-electron chi connectivity index (χ3n) is 5.64. The molecule has 0 aliphatic heterocycles. The van der Waals surface area contributed by atoms with E-state index in [0.29, 0.717) is 16.2 Å². The van der Waals surface area contributed by atoms with Crippen LogP contribution < -0.4 is 0 Å². The van der Waals surface area contributed by atoms with Gasteiger partial charge in [-0.05, 0) is 38.4 Å². The Morgan fingerprint density at radius 1 is 0.500 bits per heavy atom. The van der Waals surface area contributed by atoms with Gasteiger partial charge in [-0.15, -0.1) is 0 Å². The van der Waals surface area contributed by atoms with E-state index in [0.717, 1.165) is 16.2 Å². The second kappa shape index (κ2) is 7.59. The zero-order chi connectivity index (χ0) is 22.2. The Kier molecular flexibility index (Phi) is 4.60. The molecule has 6 heteroatoms. The Balaban J connectivity index is 0.000000180. The first kappa shape index (κ1) is 19.4. The Labute approximate surface area is 182 Å². The van der Waals surface area contributed by atoms with E-state index in [1.165, 1.54) is 16.8 Å². The molecule has 0 saturated heterocycles. The summed E-state index contributed by atoms with van der Waals surface area (Å²) in [5.74, 6) is 0. The molecule has 6 rings (SSSR count). The highest BCUT2D eigenvalue weighted by Gasteiger charge is 2.29. The Hall–Kier alpha value is -4.58. The molecule has 0 fully saturated rings. The molecular weight excluding hydrogens is 404 g/mol. The van der Waals surface area contributed by atoms with Crippen LogP contribution in [0, 0.1) is 20.2 Å². The first-order valence-electron chi connectivity index (χ1n) is 9.97. The molecule has 0 unspecified atom stereocenters. The van der Waals surface area contributed by atoms with Crippen LogP contribution in [0.4, 0.5) is 11.4 Å². The Morgan fingerprint density at radius 2 is 1.00 bits per heavy atom. The number of nitro groups is 2. The van der Waals surface area contributed by atoms with Gasteiger partial charge in [-0.1, -0.05) is 84.9 Å². The molecule has 6 aromatic carbocycles. The summed E-state index contributed by atoms with van der Waals surface area (Å²) in [7, 11) is 0. The van der Waals surface area contributed by atoms with E-state index in [-0.39, 0.29) is 0 Å². The summed E-state index contributed by atoms with van der Waals surface area (Å²) in [5, 5.41) is 29.6. The van der Waals surface area contributed by atoms with Crippen LogP contribution in [0.15, 0.2) is 97.1 Å². The molecule has 32 heavy (non-hydrogen) atoms. The standard InChI is InChI=1S/C16H8N2O4.C10H8/c19-17(20)13-8-11-5-4-9-2-1-3-10-6-7-12(15(11)14(9)10)16(13)18(21)22;1-2-6-10-8-4-3-7-9(10)5-1/h1-8H;1-8H. The lowest BCUT2D eigenvalue weighted by atomic mass is 9.93. The molecule has 0 bridgehead atoms. The molecule has 0 aliphatic rings. The van der Waals surface area contributed by atoms with Crippen LogP contribution in [-0.4, -0.2) is 9.85 Å². The number of hydrogen-bond donors (Lipinski definition) is 0. The maximum Gasteiger partial charge on any atom is 0.353 e. The predicted octanol–water partition coefficient (Wildman–Crippen LogP) is 7.24. The third kappa shape index (κ3) is 3.15. The minimum atomic E-state index is -0.702. The molecule has 0 atom stereocenters. The molecule has 0 spiro atoms. The summed E-state index contributed by atoms with van der Waals surface area (Å²) in [4.78, 5) is 21.2. The maximum absolute atomic E-state index is 11.4. The van der Waals surface area contributed by atoms with Crippen LogP contribution >= 0.6 is 0 Å². The molecule has 0 aliphatic carbocycles. The fourth-order valence-electron chi connectivity index (χ4n) is 4.24. The molecule has 6 aromatic rings. The fourth-order valence-corrected chi connectivity index (χ4v) is 4.24. The van der Waals surface area contributed by atoms with E-state index in [1.807, 2.05) is 24.3 Å². The second-order valence-corrected chi connectivity index (χ2v) is 7.46. The van der Waals surface area contributed by atoms with Crippen molar-refractivity contribution in [2.75, 3.05) is 0 Å². The largest absolute Gasteiger partial charge is 0.353 e. The molecule has 0 amide bonds. The quantitative estimate of drug-likeness (QED) is 0.168. The first-order chi connectivity index (χ1) is 15.5. The number of rotatable bonds is 2. The summed E-state index contributed by atoms with van der Waals surface area (Å²) >= 11 is 0. The predicted molar refractivity (Wildman–Crippen MR) is 127 cm³/mol. The molecular formula is C26H16N2O4. The highest BCUT2D eigenvalue weighted by molar-refractivity contribution is 6.25. The molecule has 0 heterocycles. The van der Waals surface area contributed by atoms with Gasteiger partial charge in [0.1, 0.15) is 0 Å². The van der Waals surface area contributed by atoms with Crippen molar-refractivity contribution >= 4 is 54.5 Å².